The van der Waals surface area contributed by atoms with Gasteiger partial charge < -0.3 is 9.47 Å². The lowest BCUT2D eigenvalue weighted by Gasteiger charge is -2.23. The van der Waals surface area contributed by atoms with Crippen LogP contribution in [0.4, 0.5) is 0 Å². The van der Waals surface area contributed by atoms with Crippen LogP contribution in [-0.2, 0) is 22.6 Å². The fourth-order valence-corrected chi connectivity index (χ4v) is 3.57. The molecule has 0 spiro atoms. The summed E-state index contributed by atoms with van der Waals surface area (Å²) < 4.78 is 11.5. The second-order valence-electron chi connectivity index (χ2n) is 7.41. The highest BCUT2D eigenvalue weighted by Crippen LogP contribution is 2.15. The molecule has 1 unspecified atom stereocenters. The van der Waals surface area contributed by atoms with E-state index in [-0.39, 0.29) is 6.29 Å². The van der Waals surface area contributed by atoms with Crippen molar-refractivity contribution in [3.05, 3.63) is 71.8 Å². The number of ether oxygens (including phenoxy) is 2. The first-order valence-electron chi connectivity index (χ1n) is 10.4. The molecule has 0 radical (unpaired) electrons. The first kappa shape index (κ1) is 20.1. The Kier molecular flexibility index (Phi) is 8.85. The van der Waals surface area contributed by atoms with Crippen LogP contribution in [-0.4, -0.2) is 30.9 Å². The van der Waals surface area contributed by atoms with Crippen molar-refractivity contribution in [2.75, 3.05) is 19.8 Å². The molecule has 27 heavy (non-hydrogen) atoms. The summed E-state index contributed by atoms with van der Waals surface area (Å²) in [5.41, 5.74) is 2.76. The van der Waals surface area contributed by atoms with Crippen molar-refractivity contribution in [3.8, 4) is 0 Å². The zero-order valence-electron chi connectivity index (χ0n) is 16.4. The molecule has 1 atom stereocenters. The molecule has 3 heteroatoms. The van der Waals surface area contributed by atoms with E-state index in [1.165, 1.54) is 36.8 Å². The lowest BCUT2D eigenvalue weighted by molar-refractivity contribution is -0.162. The van der Waals surface area contributed by atoms with Gasteiger partial charge in [0.05, 0.1) is 0 Å². The van der Waals surface area contributed by atoms with E-state index in [2.05, 4.69) is 65.6 Å². The van der Waals surface area contributed by atoms with E-state index < -0.39 is 0 Å². The molecule has 0 aromatic heterocycles. The predicted molar refractivity (Wildman–Crippen MR) is 110 cm³/mol. The van der Waals surface area contributed by atoms with Gasteiger partial charge >= 0.3 is 0 Å². The molecular weight excluding hydrogens is 334 g/mol. The van der Waals surface area contributed by atoms with Gasteiger partial charge in [0.1, 0.15) is 0 Å². The molecule has 1 heterocycles. The average molecular weight is 368 g/mol. The van der Waals surface area contributed by atoms with Crippen LogP contribution in [0.2, 0.25) is 0 Å². The van der Waals surface area contributed by atoms with Gasteiger partial charge in [-0.3, -0.25) is 4.90 Å². The topological polar surface area (TPSA) is 21.7 Å². The molecule has 0 aliphatic carbocycles. The van der Waals surface area contributed by atoms with Crippen LogP contribution >= 0.6 is 0 Å². The summed E-state index contributed by atoms with van der Waals surface area (Å²) in [5, 5.41) is 0. The molecule has 0 amide bonds. The molecule has 0 bridgehead atoms. The third-order valence-electron chi connectivity index (χ3n) is 5.06. The number of nitrogens with zero attached hydrogens (tertiary/aromatic N) is 1. The number of hydrogen-bond acceptors (Lipinski definition) is 3. The third-order valence-corrected chi connectivity index (χ3v) is 5.06. The van der Waals surface area contributed by atoms with E-state index in [4.69, 9.17) is 9.47 Å². The minimum Gasteiger partial charge on any atom is -0.353 e. The maximum absolute atomic E-state index is 5.85. The summed E-state index contributed by atoms with van der Waals surface area (Å²) in [6.07, 6.45) is 7.04. The first-order chi connectivity index (χ1) is 13.4. The number of unbranched alkanes of at least 4 members (excludes halogenated alkanes) is 2. The predicted octanol–water partition coefficient (Wildman–Crippen LogP) is 5.40. The standard InChI is InChI=1S/C24H33NO2/c1-4-12-22(13-5-1)20-25(21-23-14-6-2-7-15-23)17-9-3-10-18-26-24-16-8-11-19-27-24/h1-2,4-7,12-15,24H,3,8-11,16-21H2. The molecule has 3 nitrogen and oxygen atoms in total. The lowest BCUT2D eigenvalue weighted by Crippen LogP contribution is -2.24. The van der Waals surface area contributed by atoms with Crippen LogP contribution < -0.4 is 0 Å². The Balaban J connectivity index is 1.39. The van der Waals surface area contributed by atoms with Crippen molar-refractivity contribution in [2.45, 2.75) is 57.9 Å². The molecule has 1 saturated heterocycles. The van der Waals surface area contributed by atoms with Crippen molar-refractivity contribution >= 4 is 0 Å². The summed E-state index contributed by atoms with van der Waals surface area (Å²) in [7, 11) is 0. The fourth-order valence-electron chi connectivity index (χ4n) is 3.57. The van der Waals surface area contributed by atoms with E-state index >= 15 is 0 Å². The molecule has 2 aromatic rings. The monoisotopic (exact) mass is 367 g/mol. The Hall–Kier alpha value is -1.68. The van der Waals surface area contributed by atoms with E-state index in [0.717, 1.165) is 45.7 Å². The molecule has 2 aromatic carbocycles. The summed E-state index contributed by atoms with van der Waals surface area (Å²) in [6.45, 7) is 4.80. The van der Waals surface area contributed by atoms with Gasteiger partial charge in [-0.05, 0) is 56.2 Å². The highest BCUT2D eigenvalue weighted by atomic mass is 16.7. The van der Waals surface area contributed by atoms with Gasteiger partial charge in [-0.15, -0.1) is 0 Å². The largest absolute Gasteiger partial charge is 0.353 e. The van der Waals surface area contributed by atoms with E-state index in [1.807, 2.05) is 0 Å². The van der Waals surface area contributed by atoms with Crippen molar-refractivity contribution in [3.63, 3.8) is 0 Å². The quantitative estimate of drug-likeness (QED) is 0.496. The zero-order chi connectivity index (χ0) is 18.6. The Morgan fingerprint density at radius 3 is 2.07 bits per heavy atom. The molecular formula is C24H33NO2. The zero-order valence-corrected chi connectivity index (χ0v) is 16.4. The minimum absolute atomic E-state index is 0.0476. The van der Waals surface area contributed by atoms with Crippen LogP contribution in [0.1, 0.15) is 49.7 Å². The maximum atomic E-state index is 5.85. The lowest BCUT2D eigenvalue weighted by atomic mass is 10.1. The van der Waals surface area contributed by atoms with E-state index in [1.54, 1.807) is 0 Å². The maximum Gasteiger partial charge on any atom is 0.157 e. The number of hydrogen-bond donors (Lipinski definition) is 0. The highest BCUT2D eigenvalue weighted by Gasteiger charge is 2.13. The first-order valence-corrected chi connectivity index (χ1v) is 10.4. The summed E-state index contributed by atoms with van der Waals surface area (Å²) in [5.74, 6) is 0. The highest BCUT2D eigenvalue weighted by molar-refractivity contribution is 5.17. The van der Waals surface area contributed by atoms with Crippen molar-refractivity contribution < 1.29 is 9.47 Å². The molecule has 1 aliphatic rings. The molecule has 1 fully saturated rings. The SMILES string of the molecule is c1ccc(CN(CCCCCOC2CCCCO2)Cc2ccccc2)cc1. The Labute approximate surface area is 164 Å². The Bertz CT molecular complexity index is 569. The fraction of sp³-hybridized carbons (Fsp3) is 0.500. The Morgan fingerprint density at radius 2 is 1.48 bits per heavy atom. The molecule has 0 N–H and O–H groups in total. The van der Waals surface area contributed by atoms with Crippen LogP contribution in [0.15, 0.2) is 60.7 Å². The summed E-state index contributed by atoms with van der Waals surface area (Å²) >= 11 is 0. The van der Waals surface area contributed by atoms with Crippen molar-refractivity contribution in [1.82, 2.24) is 4.90 Å². The number of benzene rings is 2. The second kappa shape index (κ2) is 11.9. The van der Waals surface area contributed by atoms with Gasteiger partial charge in [0.25, 0.3) is 0 Å². The van der Waals surface area contributed by atoms with Gasteiger partial charge in [0.15, 0.2) is 6.29 Å². The van der Waals surface area contributed by atoms with Crippen molar-refractivity contribution in [2.24, 2.45) is 0 Å². The normalized spacial score (nSPS) is 17.3. The molecule has 0 saturated carbocycles. The number of rotatable bonds is 11. The van der Waals surface area contributed by atoms with Gasteiger partial charge in [-0.1, -0.05) is 60.7 Å². The molecule has 1 aliphatic heterocycles. The average Bonchev–Trinajstić information content (AvgIpc) is 2.73. The van der Waals surface area contributed by atoms with Crippen LogP contribution in [0.5, 0.6) is 0 Å². The summed E-state index contributed by atoms with van der Waals surface area (Å²) in [4.78, 5) is 2.55. The second-order valence-corrected chi connectivity index (χ2v) is 7.41. The van der Waals surface area contributed by atoms with E-state index in [0.29, 0.717) is 0 Å². The van der Waals surface area contributed by atoms with Crippen LogP contribution in [0, 0.1) is 0 Å². The van der Waals surface area contributed by atoms with Gasteiger partial charge in [0, 0.05) is 26.3 Å². The van der Waals surface area contributed by atoms with Gasteiger partial charge in [-0.2, -0.15) is 0 Å². The molecule has 3 rings (SSSR count). The van der Waals surface area contributed by atoms with Crippen LogP contribution in [0.25, 0.3) is 0 Å². The Morgan fingerprint density at radius 1 is 0.815 bits per heavy atom. The third kappa shape index (κ3) is 7.84. The minimum atomic E-state index is 0.0476. The smallest absolute Gasteiger partial charge is 0.157 e. The van der Waals surface area contributed by atoms with Crippen molar-refractivity contribution in [1.29, 1.82) is 0 Å². The van der Waals surface area contributed by atoms with E-state index in [9.17, 15) is 0 Å². The van der Waals surface area contributed by atoms with Gasteiger partial charge in [-0.25, -0.2) is 0 Å². The van der Waals surface area contributed by atoms with Crippen LogP contribution in [0.3, 0.4) is 0 Å². The van der Waals surface area contributed by atoms with Gasteiger partial charge in [0.2, 0.25) is 0 Å². The summed E-state index contributed by atoms with van der Waals surface area (Å²) in [6, 6.07) is 21.5. The molecule has 146 valence electrons.